The average Bonchev–Trinajstić information content (AvgIpc) is 3.20. The maximum atomic E-state index is 13.3. The largest absolute Gasteiger partial charge is 0.338 e. The van der Waals surface area contributed by atoms with E-state index in [-0.39, 0.29) is 17.5 Å². The Labute approximate surface area is 172 Å². The van der Waals surface area contributed by atoms with Crippen molar-refractivity contribution in [1.82, 2.24) is 15.0 Å². The number of likely N-dealkylation sites (tertiary alicyclic amines) is 1. The number of carbonyl (C=O) groups excluding carboxylic acids is 1. The van der Waals surface area contributed by atoms with E-state index in [1.807, 2.05) is 31.2 Å². The Bertz CT molecular complexity index is 1050. The quantitative estimate of drug-likeness (QED) is 0.681. The fraction of sp³-hybridized carbons (Fsp3) is 0.318. The molecule has 3 aromatic rings. The van der Waals surface area contributed by atoms with Crippen molar-refractivity contribution in [3.8, 4) is 11.4 Å². The normalized spacial score (nSPS) is 15.3. The average molecular weight is 412 g/mol. The lowest BCUT2D eigenvalue weighted by Crippen LogP contribution is -2.37. The summed E-state index contributed by atoms with van der Waals surface area (Å²) in [6, 6.07) is 11.3. The Morgan fingerprint density at radius 3 is 2.70 bits per heavy atom. The zero-order chi connectivity index (χ0) is 21.1. The first-order chi connectivity index (χ1) is 14.5. The smallest absolute Gasteiger partial charge is 0.241 e. The van der Waals surface area contributed by atoms with Gasteiger partial charge in [-0.15, -0.1) is 0 Å². The molecule has 0 bridgehead atoms. The summed E-state index contributed by atoms with van der Waals surface area (Å²) in [4.78, 5) is 19.1. The molecule has 0 unspecified atom stereocenters. The molecule has 2 aromatic carbocycles. The van der Waals surface area contributed by atoms with E-state index in [0.717, 1.165) is 23.3 Å². The Balaban J connectivity index is 1.29. The van der Waals surface area contributed by atoms with Gasteiger partial charge in [-0.2, -0.15) is 4.98 Å². The molecule has 6 nitrogen and oxygen atoms in total. The van der Waals surface area contributed by atoms with E-state index in [1.165, 1.54) is 6.07 Å². The van der Waals surface area contributed by atoms with Gasteiger partial charge in [-0.3, -0.25) is 9.69 Å². The molecular formula is C22H22F2N4O2. The maximum Gasteiger partial charge on any atom is 0.241 e. The number of halogens is 2. The first kappa shape index (κ1) is 20.2. The van der Waals surface area contributed by atoms with Gasteiger partial charge in [0.2, 0.25) is 17.6 Å². The van der Waals surface area contributed by atoms with Crippen molar-refractivity contribution in [1.29, 1.82) is 0 Å². The zero-order valence-electron chi connectivity index (χ0n) is 16.6. The third-order valence-electron chi connectivity index (χ3n) is 5.25. The molecular weight excluding hydrogens is 390 g/mol. The summed E-state index contributed by atoms with van der Waals surface area (Å²) in [7, 11) is 0. The third-order valence-corrected chi connectivity index (χ3v) is 5.25. The van der Waals surface area contributed by atoms with Gasteiger partial charge in [0, 0.05) is 23.2 Å². The van der Waals surface area contributed by atoms with Gasteiger partial charge < -0.3 is 9.84 Å². The number of rotatable bonds is 5. The van der Waals surface area contributed by atoms with Gasteiger partial charge in [0.25, 0.3) is 0 Å². The van der Waals surface area contributed by atoms with E-state index in [4.69, 9.17) is 4.52 Å². The van der Waals surface area contributed by atoms with Crippen LogP contribution in [0, 0.1) is 24.5 Å². The third kappa shape index (κ3) is 4.71. The van der Waals surface area contributed by atoms with E-state index in [9.17, 15) is 13.6 Å². The molecule has 1 N–H and O–H groups in total. The van der Waals surface area contributed by atoms with Gasteiger partial charge in [0.1, 0.15) is 0 Å². The zero-order valence-corrected chi connectivity index (χ0v) is 16.6. The summed E-state index contributed by atoms with van der Waals surface area (Å²) in [6.45, 7) is 3.95. The lowest BCUT2D eigenvalue weighted by Gasteiger charge is -2.30. The fourth-order valence-corrected chi connectivity index (χ4v) is 3.58. The molecule has 0 atom stereocenters. The molecule has 30 heavy (non-hydrogen) atoms. The van der Waals surface area contributed by atoms with Crippen LogP contribution in [-0.2, 0) is 11.3 Å². The van der Waals surface area contributed by atoms with Crippen LogP contribution in [-0.4, -0.2) is 34.0 Å². The van der Waals surface area contributed by atoms with Crippen molar-refractivity contribution in [2.24, 2.45) is 5.92 Å². The van der Waals surface area contributed by atoms with Crippen LogP contribution < -0.4 is 5.32 Å². The van der Waals surface area contributed by atoms with Gasteiger partial charge in [0.15, 0.2) is 11.6 Å². The van der Waals surface area contributed by atoms with Gasteiger partial charge >= 0.3 is 0 Å². The molecule has 1 aliphatic heterocycles. The Morgan fingerprint density at radius 1 is 1.17 bits per heavy atom. The second-order valence-electron chi connectivity index (χ2n) is 7.55. The van der Waals surface area contributed by atoms with E-state index >= 15 is 0 Å². The second-order valence-corrected chi connectivity index (χ2v) is 7.55. The molecule has 1 fully saturated rings. The van der Waals surface area contributed by atoms with Crippen LogP contribution >= 0.6 is 0 Å². The van der Waals surface area contributed by atoms with Crippen molar-refractivity contribution in [2.45, 2.75) is 26.3 Å². The Kier molecular flexibility index (Phi) is 5.85. The summed E-state index contributed by atoms with van der Waals surface area (Å²) in [6.07, 6.45) is 1.32. The molecule has 1 saturated heterocycles. The molecule has 0 aliphatic carbocycles. The number of hydrogen-bond acceptors (Lipinski definition) is 5. The first-order valence-electron chi connectivity index (χ1n) is 9.86. The van der Waals surface area contributed by atoms with Crippen LogP contribution in [0.5, 0.6) is 0 Å². The van der Waals surface area contributed by atoms with Crippen LogP contribution in [0.1, 0.15) is 24.3 Å². The van der Waals surface area contributed by atoms with Crippen LogP contribution in [0.2, 0.25) is 0 Å². The van der Waals surface area contributed by atoms with Gasteiger partial charge in [-0.1, -0.05) is 28.9 Å². The molecule has 1 aliphatic rings. The molecule has 4 rings (SSSR count). The van der Waals surface area contributed by atoms with Gasteiger partial charge in [-0.25, -0.2) is 8.78 Å². The van der Waals surface area contributed by atoms with Crippen molar-refractivity contribution in [2.75, 3.05) is 18.4 Å². The number of amides is 1. The number of nitrogens with one attached hydrogen (secondary N) is 1. The monoisotopic (exact) mass is 412 g/mol. The predicted octanol–water partition coefficient (Wildman–Crippen LogP) is 4.17. The topological polar surface area (TPSA) is 71.3 Å². The second kappa shape index (κ2) is 8.71. The predicted molar refractivity (Wildman–Crippen MR) is 107 cm³/mol. The van der Waals surface area contributed by atoms with Crippen LogP contribution in [0.4, 0.5) is 14.5 Å². The number of nitrogens with zero attached hydrogens (tertiary/aromatic N) is 3. The summed E-state index contributed by atoms with van der Waals surface area (Å²) >= 11 is 0. The minimum absolute atomic E-state index is 0.180. The number of piperidine rings is 1. The molecule has 156 valence electrons. The lowest BCUT2D eigenvalue weighted by molar-refractivity contribution is -0.121. The standard InChI is InChI=1S/C22H22F2N4O2/c1-14-3-2-4-16(11-14)21-26-20(30-27-21)13-28-9-7-15(8-10-28)22(29)25-17-5-6-18(23)19(24)12-17/h2-6,11-12,15H,7-10,13H2,1H3,(H,25,29). The van der Waals surface area contributed by atoms with Crippen LogP contribution in [0.3, 0.4) is 0 Å². The first-order valence-corrected chi connectivity index (χ1v) is 9.86. The minimum atomic E-state index is -0.979. The molecule has 0 saturated carbocycles. The number of aryl methyl sites for hydroxylation is 1. The van der Waals surface area contributed by atoms with Crippen LogP contribution in [0.15, 0.2) is 47.0 Å². The molecule has 1 aromatic heterocycles. The molecule has 8 heteroatoms. The molecule has 0 spiro atoms. The van der Waals surface area contributed by atoms with E-state index < -0.39 is 11.6 Å². The number of carbonyl (C=O) groups is 1. The lowest BCUT2D eigenvalue weighted by atomic mass is 9.96. The number of benzene rings is 2. The van der Waals surface area contributed by atoms with Crippen molar-refractivity contribution < 1.29 is 18.1 Å². The highest BCUT2D eigenvalue weighted by Gasteiger charge is 2.26. The van der Waals surface area contributed by atoms with E-state index in [1.54, 1.807) is 0 Å². The van der Waals surface area contributed by atoms with E-state index in [2.05, 4.69) is 20.4 Å². The minimum Gasteiger partial charge on any atom is -0.338 e. The van der Waals surface area contributed by atoms with E-state index in [0.29, 0.717) is 44.2 Å². The van der Waals surface area contributed by atoms with Crippen molar-refractivity contribution in [3.63, 3.8) is 0 Å². The van der Waals surface area contributed by atoms with Crippen molar-refractivity contribution in [3.05, 3.63) is 65.6 Å². The summed E-state index contributed by atoms with van der Waals surface area (Å²) in [5.41, 5.74) is 2.30. The number of aromatic nitrogens is 2. The van der Waals surface area contributed by atoms with Gasteiger partial charge in [0.05, 0.1) is 6.54 Å². The highest BCUT2D eigenvalue weighted by Crippen LogP contribution is 2.23. The highest BCUT2D eigenvalue weighted by molar-refractivity contribution is 5.92. The van der Waals surface area contributed by atoms with Crippen LogP contribution in [0.25, 0.3) is 11.4 Å². The number of anilines is 1. The Morgan fingerprint density at radius 2 is 1.97 bits per heavy atom. The van der Waals surface area contributed by atoms with Crippen molar-refractivity contribution >= 4 is 11.6 Å². The SMILES string of the molecule is Cc1cccc(-c2noc(CN3CCC(C(=O)Nc4ccc(F)c(F)c4)CC3)n2)c1. The highest BCUT2D eigenvalue weighted by atomic mass is 19.2. The summed E-state index contributed by atoms with van der Waals surface area (Å²) < 4.78 is 31.7. The molecule has 1 amide bonds. The summed E-state index contributed by atoms with van der Waals surface area (Å²) in [5.74, 6) is -1.18. The summed E-state index contributed by atoms with van der Waals surface area (Å²) in [5, 5.41) is 6.73. The fourth-order valence-electron chi connectivity index (χ4n) is 3.58. The molecule has 2 heterocycles. The molecule has 0 radical (unpaired) electrons. The Hall–Kier alpha value is -3.13. The maximum absolute atomic E-state index is 13.3. The van der Waals surface area contributed by atoms with Gasteiger partial charge in [-0.05, 0) is 51.1 Å². The number of hydrogen-bond donors (Lipinski definition) is 1.